The van der Waals surface area contributed by atoms with Crippen molar-refractivity contribution in [2.45, 2.75) is 75.3 Å². The first-order chi connectivity index (χ1) is 17.6. The third-order valence-electron chi connectivity index (χ3n) is 6.06. The number of carbonyl (C=O) groups excluding carboxylic acids is 1. The second kappa shape index (κ2) is 11.2. The molecule has 0 aliphatic carbocycles. The fourth-order valence-corrected chi connectivity index (χ4v) is 4.19. The Morgan fingerprint density at radius 1 is 1.16 bits per heavy atom. The monoisotopic (exact) mass is 527 g/mol. The van der Waals surface area contributed by atoms with Crippen molar-refractivity contribution in [2.24, 2.45) is 0 Å². The van der Waals surface area contributed by atoms with Gasteiger partial charge in [-0.3, -0.25) is 9.36 Å². The third-order valence-corrected chi connectivity index (χ3v) is 6.06. The highest BCUT2D eigenvalue weighted by Crippen LogP contribution is 2.29. The second-order valence-electron chi connectivity index (χ2n) is 8.76. The van der Waals surface area contributed by atoms with E-state index < -0.39 is 73.4 Å². The molecule has 0 saturated carbocycles. The lowest BCUT2D eigenvalue weighted by molar-refractivity contribution is -0.273. The maximum atomic E-state index is 12.1. The summed E-state index contributed by atoms with van der Waals surface area (Å²) < 4.78 is 19.2. The summed E-state index contributed by atoms with van der Waals surface area (Å²) in [6.45, 7) is 0.412. The molecule has 0 radical (unpaired) electrons. The number of rotatable bonds is 8. The average Bonchev–Trinajstić information content (AvgIpc) is 3.41. The molecule has 0 spiro atoms. The van der Waals surface area contributed by atoms with Gasteiger partial charge in [0.1, 0.15) is 54.2 Å². The van der Waals surface area contributed by atoms with Gasteiger partial charge in [-0.05, 0) is 6.07 Å². The molecule has 4 heterocycles. The fourth-order valence-electron chi connectivity index (χ4n) is 4.19. The lowest BCUT2D eigenvalue weighted by Gasteiger charge is -2.42. The highest BCUT2D eigenvalue weighted by molar-refractivity contribution is 5.73. The Morgan fingerprint density at radius 2 is 1.89 bits per heavy atom. The van der Waals surface area contributed by atoms with Crippen LogP contribution in [0.4, 0.5) is 5.82 Å². The van der Waals surface area contributed by atoms with E-state index in [1.165, 1.54) is 30.1 Å². The van der Waals surface area contributed by atoms with Crippen molar-refractivity contribution >= 4 is 11.7 Å². The van der Waals surface area contributed by atoms with Gasteiger partial charge in [0.2, 0.25) is 5.91 Å². The Kier molecular flexibility index (Phi) is 8.14. The molecule has 1 amide bonds. The number of aromatic nitrogens is 5. The van der Waals surface area contributed by atoms with Gasteiger partial charge < -0.3 is 50.8 Å². The summed E-state index contributed by atoms with van der Waals surface area (Å²) in [6, 6.07) is 0.243. The summed E-state index contributed by atoms with van der Waals surface area (Å²) >= 11 is 0. The highest BCUT2D eigenvalue weighted by Gasteiger charge is 2.46. The summed E-state index contributed by atoms with van der Waals surface area (Å²) in [5.74, 6) is -0.489. The average molecular weight is 527 g/mol. The molecule has 37 heavy (non-hydrogen) atoms. The van der Waals surface area contributed by atoms with Gasteiger partial charge in [0, 0.05) is 13.1 Å². The van der Waals surface area contributed by atoms with Gasteiger partial charge in [-0.25, -0.2) is 9.48 Å². The van der Waals surface area contributed by atoms with Crippen LogP contribution in [0, 0.1) is 0 Å². The van der Waals surface area contributed by atoms with E-state index in [-0.39, 0.29) is 19.0 Å². The fraction of sp³-hybridized carbons (Fsp3) is 0.650. The van der Waals surface area contributed by atoms with Crippen LogP contribution in [0.5, 0.6) is 0 Å². The molecule has 2 aromatic heterocycles. The number of nitrogens with one attached hydrogen (secondary N) is 1. The van der Waals surface area contributed by atoms with Gasteiger partial charge in [0.05, 0.1) is 26.0 Å². The number of nitrogen functional groups attached to an aromatic ring is 1. The number of nitrogens with two attached hydrogens (primary N) is 1. The SMILES string of the molecule is CC(=O)N[C@H]1[C@@H](OCc2cn(C[C@H]3O[C@@H](n4ccc(N)nc4=O)[C@H](O)[C@@H]3O)nn2)O[C@H](CO)[C@@H](O)[C@@H]1O. The van der Waals surface area contributed by atoms with Crippen molar-refractivity contribution in [3.63, 3.8) is 0 Å². The van der Waals surface area contributed by atoms with Crippen LogP contribution in [0.1, 0.15) is 18.8 Å². The topological polar surface area (TPSA) is 250 Å². The summed E-state index contributed by atoms with van der Waals surface area (Å²) in [7, 11) is 0. The summed E-state index contributed by atoms with van der Waals surface area (Å²) in [4.78, 5) is 27.2. The quantitative estimate of drug-likeness (QED) is 0.170. The van der Waals surface area contributed by atoms with E-state index in [9.17, 15) is 35.1 Å². The molecule has 0 bridgehead atoms. The van der Waals surface area contributed by atoms with Crippen LogP contribution in [0.3, 0.4) is 0 Å². The van der Waals surface area contributed by atoms with E-state index >= 15 is 0 Å². The molecule has 17 heteroatoms. The molecule has 8 N–H and O–H groups in total. The minimum atomic E-state index is -1.46. The van der Waals surface area contributed by atoms with Crippen molar-refractivity contribution in [3.05, 3.63) is 34.6 Å². The normalized spacial score (nSPS) is 33.9. The molecule has 9 atom stereocenters. The van der Waals surface area contributed by atoms with Crippen molar-refractivity contribution in [2.75, 3.05) is 12.3 Å². The Hall–Kier alpha value is -3.03. The predicted molar refractivity (Wildman–Crippen MR) is 119 cm³/mol. The van der Waals surface area contributed by atoms with Crippen LogP contribution in [0.2, 0.25) is 0 Å². The Morgan fingerprint density at radius 3 is 2.57 bits per heavy atom. The van der Waals surface area contributed by atoms with Crippen LogP contribution in [0.15, 0.2) is 23.3 Å². The lowest BCUT2D eigenvalue weighted by Crippen LogP contribution is -2.64. The minimum absolute atomic E-state index is 0.00258. The number of carbonyl (C=O) groups is 1. The maximum Gasteiger partial charge on any atom is 0.351 e. The largest absolute Gasteiger partial charge is 0.394 e. The van der Waals surface area contributed by atoms with Gasteiger partial charge in [0.25, 0.3) is 0 Å². The molecule has 2 aromatic rings. The number of hydrogen-bond acceptors (Lipinski definition) is 14. The first-order valence-electron chi connectivity index (χ1n) is 11.4. The van der Waals surface area contributed by atoms with Crippen LogP contribution in [-0.2, 0) is 32.2 Å². The lowest BCUT2D eigenvalue weighted by atomic mass is 9.97. The zero-order valence-electron chi connectivity index (χ0n) is 19.6. The van der Waals surface area contributed by atoms with Gasteiger partial charge in [-0.15, -0.1) is 5.10 Å². The molecule has 2 aliphatic rings. The number of hydrogen-bond donors (Lipinski definition) is 7. The van der Waals surface area contributed by atoms with Crippen LogP contribution in [-0.4, -0.2) is 112 Å². The molecule has 2 fully saturated rings. The van der Waals surface area contributed by atoms with E-state index in [0.717, 1.165) is 4.57 Å². The standard InChI is InChI=1S/C20H29N7O10/c1-8(29)22-13-16(32)15(31)11(6-28)37-19(13)35-7-9-4-26(25-24-9)5-10-14(30)17(33)18(36-10)27-3-2-12(21)23-20(27)34/h2-4,10-11,13-19,28,30-33H,5-7H2,1H3,(H,22,29)(H2,21,23,34)/t10-,11-,13-,14-,15-,16-,17-,18-,19+/m1/s1. The van der Waals surface area contributed by atoms with Gasteiger partial charge in [-0.1, -0.05) is 5.21 Å². The van der Waals surface area contributed by atoms with Crippen molar-refractivity contribution in [1.82, 2.24) is 29.9 Å². The molecule has 17 nitrogen and oxygen atoms in total. The molecule has 0 unspecified atom stereocenters. The molecule has 204 valence electrons. The zero-order valence-corrected chi connectivity index (χ0v) is 19.6. The van der Waals surface area contributed by atoms with E-state index in [0.29, 0.717) is 5.69 Å². The van der Waals surface area contributed by atoms with Crippen molar-refractivity contribution in [3.8, 4) is 0 Å². The van der Waals surface area contributed by atoms with Crippen molar-refractivity contribution in [1.29, 1.82) is 0 Å². The number of anilines is 1. The second-order valence-corrected chi connectivity index (χ2v) is 8.76. The first kappa shape index (κ1) is 27.0. The predicted octanol–water partition coefficient (Wildman–Crippen LogP) is -4.80. The molecule has 4 rings (SSSR count). The number of aliphatic hydroxyl groups excluding tert-OH is 5. The minimum Gasteiger partial charge on any atom is -0.394 e. The molecule has 0 aromatic carbocycles. The number of amides is 1. The third kappa shape index (κ3) is 5.78. The Balaban J connectivity index is 1.39. The summed E-state index contributed by atoms with van der Waals surface area (Å²) in [6.07, 6.45) is -7.40. The van der Waals surface area contributed by atoms with E-state index in [1.54, 1.807) is 0 Å². The van der Waals surface area contributed by atoms with Gasteiger partial charge in [0.15, 0.2) is 12.5 Å². The van der Waals surface area contributed by atoms with Crippen LogP contribution >= 0.6 is 0 Å². The van der Waals surface area contributed by atoms with Crippen LogP contribution < -0.4 is 16.7 Å². The molecular formula is C20H29N7O10. The van der Waals surface area contributed by atoms with Gasteiger partial charge >= 0.3 is 5.69 Å². The first-order valence-corrected chi connectivity index (χ1v) is 11.4. The highest BCUT2D eigenvalue weighted by atomic mass is 16.7. The van der Waals surface area contributed by atoms with Crippen LogP contribution in [0.25, 0.3) is 0 Å². The van der Waals surface area contributed by atoms with E-state index in [1.807, 2.05) is 0 Å². The van der Waals surface area contributed by atoms with E-state index in [4.69, 9.17) is 19.9 Å². The number of nitrogens with zero attached hydrogens (tertiary/aromatic N) is 5. The summed E-state index contributed by atoms with van der Waals surface area (Å²) in [5, 5.41) is 61.0. The zero-order chi connectivity index (χ0) is 26.9. The maximum absolute atomic E-state index is 12.1. The molecule has 2 aliphatic heterocycles. The van der Waals surface area contributed by atoms with Crippen molar-refractivity contribution < 1.29 is 44.5 Å². The Labute approximate surface area is 209 Å². The number of aliphatic hydroxyl groups is 5. The van der Waals surface area contributed by atoms with E-state index in [2.05, 4.69) is 20.6 Å². The Bertz CT molecular complexity index is 1140. The van der Waals surface area contributed by atoms with Gasteiger partial charge in [-0.2, -0.15) is 4.98 Å². The number of ether oxygens (including phenoxy) is 3. The summed E-state index contributed by atoms with van der Waals surface area (Å²) in [5.41, 5.74) is 5.03. The smallest absolute Gasteiger partial charge is 0.351 e. The molecule has 2 saturated heterocycles. The molecular weight excluding hydrogens is 498 g/mol.